The Morgan fingerprint density at radius 1 is 1.07 bits per heavy atom. The summed E-state index contributed by atoms with van der Waals surface area (Å²) in [5.41, 5.74) is -0.367. The van der Waals surface area contributed by atoms with Crippen LogP contribution >= 0.6 is 0 Å². The molecule has 3 rings (SSSR count). The van der Waals surface area contributed by atoms with Crippen LogP contribution in [-0.2, 0) is 33.8 Å². The average Bonchev–Trinajstić information content (AvgIpc) is 3.25. The maximum atomic E-state index is 13.4. The number of aromatic nitrogens is 1. The molecule has 0 aliphatic carbocycles. The Hall–Kier alpha value is -4.53. The molecule has 0 saturated carbocycles. The molecule has 0 fully saturated rings. The molecule has 1 aliphatic rings. The number of fused-ring (bicyclic) bond motifs is 1. The van der Waals surface area contributed by atoms with Crippen molar-refractivity contribution >= 4 is 50.7 Å². The van der Waals surface area contributed by atoms with E-state index >= 15 is 0 Å². The summed E-state index contributed by atoms with van der Waals surface area (Å²) < 4.78 is 36.3. The van der Waals surface area contributed by atoms with Gasteiger partial charge in [-0.2, -0.15) is 0 Å². The van der Waals surface area contributed by atoms with E-state index in [-0.39, 0.29) is 53.2 Å². The first kappa shape index (κ1) is 33.0. The van der Waals surface area contributed by atoms with Crippen molar-refractivity contribution in [3.63, 3.8) is 0 Å². The van der Waals surface area contributed by atoms with Crippen molar-refractivity contribution in [2.75, 3.05) is 35.9 Å². The molecule has 0 unspecified atom stereocenters. The van der Waals surface area contributed by atoms with Crippen molar-refractivity contribution in [3.8, 4) is 11.6 Å². The second-order valence-electron chi connectivity index (χ2n) is 10.4. The van der Waals surface area contributed by atoms with Crippen molar-refractivity contribution in [2.24, 2.45) is 5.92 Å². The summed E-state index contributed by atoms with van der Waals surface area (Å²) in [4.78, 5) is 68.8. The van der Waals surface area contributed by atoms with Crippen LogP contribution in [0.25, 0.3) is 0 Å². The van der Waals surface area contributed by atoms with Crippen molar-refractivity contribution < 1.29 is 52.1 Å². The number of amides is 2. The third-order valence-electron chi connectivity index (χ3n) is 6.68. The quantitative estimate of drug-likeness (QED) is 0.291. The number of sulfone groups is 1. The number of carbonyl (C=O) groups excluding carboxylic acids is 3. The summed E-state index contributed by atoms with van der Waals surface area (Å²) in [6.07, 6.45) is 0.957. The summed E-state index contributed by atoms with van der Waals surface area (Å²) in [6.45, 7) is 5.40. The van der Waals surface area contributed by atoms with Gasteiger partial charge < -0.3 is 25.0 Å². The first-order valence-corrected chi connectivity index (χ1v) is 15.3. The van der Waals surface area contributed by atoms with Gasteiger partial charge in [-0.25, -0.2) is 23.0 Å². The number of methoxy groups -OCH3 is 1. The Labute approximate surface area is 247 Å². The molecule has 0 radical (unpaired) electrons. The molecule has 43 heavy (non-hydrogen) atoms. The van der Waals surface area contributed by atoms with E-state index in [0.29, 0.717) is 4.90 Å². The van der Waals surface area contributed by atoms with E-state index in [9.17, 15) is 42.6 Å². The molecule has 2 aromatic rings. The average molecular weight is 620 g/mol. The lowest BCUT2D eigenvalue weighted by atomic mass is 9.81. The molecular formula is C28H33N3O11S. The molecule has 1 aliphatic heterocycles. The molecular weight excluding hydrogens is 586 g/mol. The summed E-state index contributed by atoms with van der Waals surface area (Å²) in [6, 6.07) is 5.14. The Bertz CT molecular complexity index is 1550. The number of anilines is 2. The zero-order chi connectivity index (χ0) is 32.2. The minimum Gasteiger partial charge on any atom is -0.491 e. The summed E-state index contributed by atoms with van der Waals surface area (Å²) in [7, 11) is -2.59. The van der Waals surface area contributed by atoms with Crippen LogP contribution in [0.5, 0.6) is 11.6 Å². The minimum absolute atomic E-state index is 0.0239. The van der Waals surface area contributed by atoms with Gasteiger partial charge in [0.05, 0.1) is 42.8 Å². The summed E-state index contributed by atoms with van der Waals surface area (Å²) in [5, 5.41) is 22.3. The highest BCUT2D eigenvalue weighted by atomic mass is 32.2. The van der Waals surface area contributed by atoms with Gasteiger partial charge in [0.15, 0.2) is 5.75 Å². The maximum absolute atomic E-state index is 13.4. The number of benzene rings is 1. The number of hydrogen-bond donors (Lipinski definition) is 3. The lowest BCUT2D eigenvalue weighted by molar-refractivity contribution is -0.150. The van der Waals surface area contributed by atoms with Gasteiger partial charge in [-0.05, 0) is 37.1 Å². The molecule has 232 valence electrons. The van der Waals surface area contributed by atoms with Crippen LogP contribution in [0.15, 0.2) is 30.3 Å². The van der Waals surface area contributed by atoms with Gasteiger partial charge in [0.25, 0.3) is 5.88 Å². The van der Waals surface area contributed by atoms with Crippen LogP contribution < -0.4 is 19.7 Å². The topological polar surface area (TPSA) is 207 Å². The van der Waals surface area contributed by atoms with Crippen molar-refractivity contribution in [1.82, 2.24) is 4.98 Å². The van der Waals surface area contributed by atoms with Crippen LogP contribution in [0.4, 0.5) is 11.4 Å². The first-order chi connectivity index (χ1) is 20.1. The minimum atomic E-state index is -3.94. The standard InChI is InChI=1S/C28H33N3O11S/c1-6-42-25-19(41-4)11-10-16(30-25)15(13-43(5,39)40)23-22(24(33)27(35)36)21-17(29-20(32)12-14(2)3)8-7-9-18(21)31(23)26(34)28(37)38/h7-11,14-15,22-23H,6,12-13H2,1-5H3,(H,29,32)(H,35,36)(H,37,38)/t15-,22+,23-/m0/s1. The molecule has 2 heterocycles. The highest BCUT2D eigenvalue weighted by molar-refractivity contribution is 7.90. The molecule has 0 saturated heterocycles. The van der Waals surface area contributed by atoms with E-state index in [1.165, 1.54) is 37.4 Å². The fraction of sp³-hybridized carbons (Fsp3) is 0.429. The number of carbonyl (C=O) groups is 5. The van der Waals surface area contributed by atoms with E-state index < -0.39 is 63.0 Å². The van der Waals surface area contributed by atoms with E-state index in [2.05, 4.69) is 10.3 Å². The monoisotopic (exact) mass is 619 g/mol. The number of ketones is 1. The van der Waals surface area contributed by atoms with Gasteiger partial charge in [-0.3, -0.25) is 19.3 Å². The van der Waals surface area contributed by atoms with E-state index in [0.717, 1.165) is 6.26 Å². The molecule has 3 N–H and O–H groups in total. The Balaban J connectivity index is 2.39. The molecule has 2 amide bonds. The van der Waals surface area contributed by atoms with Gasteiger partial charge in [-0.15, -0.1) is 0 Å². The largest absolute Gasteiger partial charge is 0.491 e. The fourth-order valence-electron chi connectivity index (χ4n) is 5.16. The number of carboxylic acids is 2. The molecule has 3 atom stereocenters. The highest BCUT2D eigenvalue weighted by Gasteiger charge is 2.54. The molecule has 1 aromatic carbocycles. The molecule has 15 heteroatoms. The smallest absolute Gasteiger partial charge is 0.394 e. The van der Waals surface area contributed by atoms with Crippen LogP contribution in [0, 0.1) is 5.92 Å². The number of nitrogens with one attached hydrogen (secondary N) is 1. The summed E-state index contributed by atoms with van der Waals surface area (Å²) >= 11 is 0. The number of hydrogen-bond acceptors (Lipinski definition) is 10. The molecule has 0 spiro atoms. The third kappa shape index (κ3) is 7.28. The number of rotatable bonds is 12. The van der Waals surface area contributed by atoms with Gasteiger partial charge >= 0.3 is 17.8 Å². The van der Waals surface area contributed by atoms with Gasteiger partial charge in [0.2, 0.25) is 11.7 Å². The lowest BCUT2D eigenvalue weighted by Crippen LogP contribution is -2.49. The van der Waals surface area contributed by atoms with Gasteiger partial charge in [-0.1, -0.05) is 19.9 Å². The van der Waals surface area contributed by atoms with Crippen LogP contribution in [-0.4, -0.2) is 84.9 Å². The van der Waals surface area contributed by atoms with Gasteiger partial charge in [0, 0.05) is 29.8 Å². The fourth-order valence-corrected chi connectivity index (χ4v) is 6.18. The van der Waals surface area contributed by atoms with Crippen LogP contribution in [0.1, 0.15) is 50.3 Å². The van der Waals surface area contributed by atoms with E-state index in [1.807, 2.05) is 0 Å². The lowest BCUT2D eigenvalue weighted by Gasteiger charge is -2.33. The first-order valence-electron chi connectivity index (χ1n) is 13.2. The molecule has 1 aromatic heterocycles. The molecule has 14 nitrogen and oxygen atoms in total. The van der Waals surface area contributed by atoms with Gasteiger partial charge in [0.1, 0.15) is 9.84 Å². The number of carboxylic acid groups (broad SMARTS) is 2. The second kappa shape index (κ2) is 13.2. The predicted molar refractivity (Wildman–Crippen MR) is 153 cm³/mol. The zero-order valence-corrected chi connectivity index (χ0v) is 25.0. The number of aliphatic carboxylic acids is 2. The Kier molecular flexibility index (Phi) is 10.1. The number of Topliss-reactive ketones (excluding diaryl/α,β-unsaturated/α-hetero) is 1. The van der Waals surface area contributed by atoms with Crippen molar-refractivity contribution in [1.29, 1.82) is 0 Å². The van der Waals surface area contributed by atoms with E-state index in [1.54, 1.807) is 20.8 Å². The predicted octanol–water partition coefficient (Wildman–Crippen LogP) is 1.84. The number of ether oxygens (including phenoxy) is 2. The Morgan fingerprint density at radius 3 is 2.28 bits per heavy atom. The van der Waals surface area contributed by atoms with Crippen LogP contribution in [0.2, 0.25) is 0 Å². The van der Waals surface area contributed by atoms with E-state index in [4.69, 9.17) is 9.47 Å². The van der Waals surface area contributed by atoms with Crippen molar-refractivity contribution in [2.45, 2.75) is 45.1 Å². The SMILES string of the molecule is CCOc1nc([C@H](CS(C)(=O)=O)[C@H]2[C@H](C(=O)C(=O)O)c3c(NC(=O)CC(C)C)cccc3N2C(=O)C(=O)O)ccc1OC. The second-order valence-corrected chi connectivity index (χ2v) is 12.6. The Morgan fingerprint density at radius 2 is 1.74 bits per heavy atom. The summed E-state index contributed by atoms with van der Waals surface area (Å²) in [5.74, 6) is -11.3. The third-order valence-corrected chi connectivity index (χ3v) is 7.64. The van der Waals surface area contributed by atoms with Crippen molar-refractivity contribution in [3.05, 3.63) is 41.6 Å². The number of nitrogens with zero attached hydrogens (tertiary/aromatic N) is 2. The zero-order valence-electron chi connectivity index (χ0n) is 24.2. The maximum Gasteiger partial charge on any atom is 0.394 e. The van der Waals surface area contributed by atoms with Crippen LogP contribution in [0.3, 0.4) is 0 Å². The normalized spacial score (nSPS) is 16.7. The molecule has 0 bridgehead atoms. The number of pyridine rings is 1. The highest BCUT2D eigenvalue weighted by Crippen LogP contribution is 2.50.